The lowest BCUT2D eigenvalue weighted by atomic mass is 10.2. The van der Waals surface area contributed by atoms with Crippen molar-refractivity contribution in [1.82, 2.24) is 4.98 Å². The molecule has 1 unspecified atom stereocenters. The Bertz CT molecular complexity index is 599. The Morgan fingerprint density at radius 2 is 2.20 bits per heavy atom. The Kier molecular flexibility index (Phi) is 6.59. The number of pyridine rings is 1. The first kappa shape index (κ1) is 19.0. The zero-order chi connectivity index (χ0) is 18.3. The molecule has 0 bridgehead atoms. The van der Waals surface area contributed by atoms with Crippen LogP contribution in [0.4, 0.5) is 13.2 Å². The predicted molar refractivity (Wildman–Crippen MR) is 81.4 cm³/mol. The van der Waals surface area contributed by atoms with Gasteiger partial charge in [-0.1, -0.05) is 0 Å². The van der Waals surface area contributed by atoms with Crippen molar-refractivity contribution in [1.29, 1.82) is 5.41 Å². The summed E-state index contributed by atoms with van der Waals surface area (Å²) < 4.78 is 56.6. The summed E-state index contributed by atoms with van der Waals surface area (Å²) in [6, 6.07) is 2.65. The van der Waals surface area contributed by atoms with E-state index in [-0.39, 0.29) is 35.7 Å². The van der Waals surface area contributed by atoms with E-state index in [9.17, 15) is 13.2 Å². The zero-order valence-electron chi connectivity index (χ0n) is 13.2. The van der Waals surface area contributed by atoms with Gasteiger partial charge in [-0.2, -0.15) is 13.2 Å². The molecule has 1 fully saturated rings. The SMILES string of the molecule is N=C(C=C(N)OCC1COCCO1)c1ccc(OCC(F)(F)F)cn1. The summed E-state index contributed by atoms with van der Waals surface area (Å²) >= 11 is 0. The highest BCUT2D eigenvalue weighted by molar-refractivity contribution is 6.05. The van der Waals surface area contributed by atoms with Crippen LogP contribution in [0, 0.1) is 5.41 Å². The lowest BCUT2D eigenvalue weighted by Crippen LogP contribution is -2.32. The average molecular weight is 361 g/mol. The minimum absolute atomic E-state index is 0.00151. The number of hydrogen-bond acceptors (Lipinski definition) is 7. The van der Waals surface area contributed by atoms with Gasteiger partial charge in [0.15, 0.2) is 12.5 Å². The van der Waals surface area contributed by atoms with Crippen molar-refractivity contribution in [2.45, 2.75) is 12.3 Å². The van der Waals surface area contributed by atoms with E-state index in [1.165, 1.54) is 18.2 Å². The fourth-order valence-corrected chi connectivity index (χ4v) is 1.87. The molecule has 0 spiro atoms. The van der Waals surface area contributed by atoms with Crippen molar-refractivity contribution >= 4 is 5.71 Å². The van der Waals surface area contributed by atoms with E-state index in [2.05, 4.69) is 9.72 Å². The molecule has 1 aliphatic rings. The lowest BCUT2D eigenvalue weighted by Gasteiger charge is -2.22. The van der Waals surface area contributed by atoms with E-state index in [4.69, 9.17) is 25.4 Å². The summed E-state index contributed by atoms with van der Waals surface area (Å²) in [6.45, 7) is 0.221. The van der Waals surface area contributed by atoms with Gasteiger partial charge in [-0.05, 0) is 12.1 Å². The second kappa shape index (κ2) is 8.67. The molecule has 1 saturated heterocycles. The molecular formula is C15H18F3N3O4. The molecule has 25 heavy (non-hydrogen) atoms. The maximum Gasteiger partial charge on any atom is 0.422 e. The van der Waals surface area contributed by atoms with Crippen LogP contribution >= 0.6 is 0 Å². The number of allylic oxidation sites excluding steroid dienone is 1. The maximum atomic E-state index is 12.1. The van der Waals surface area contributed by atoms with Gasteiger partial charge >= 0.3 is 6.18 Å². The third-order valence-corrected chi connectivity index (χ3v) is 3.02. The third kappa shape index (κ3) is 6.98. The fraction of sp³-hybridized carbons (Fsp3) is 0.467. The Hall–Kier alpha value is -2.33. The second-order valence-electron chi connectivity index (χ2n) is 5.12. The quantitative estimate of drug-likeness (QED) is 0.566. The summed E-state index contributed by atoms with van der Waals surface area (Å²) in [4.78, 5) is 3.87. The highest BCUT2D eigenvalue weighted by atomic mass is 19.4. The van der Waals surface area contributed by atoms with Gasteiger partial charge in [0.05, 0.1) is 37.4 Å². The van der Waals surface area contributed by atoms with Gasteiger partial charge in [0, 0.05) is 6.08 Å². The molecule has 2 heterocycles. The summed E-state index contributed by atoms with van der Waals surface area (Å²) in [5.41, 5.74) is 5.84. The molecule has 10 heteroatoms. The average Bonchev–Trinajstić information content (AvgIpc) is 2.59. The normalized spacial score (nSPS) is 18.7. The number of nitrogens with two attached hydrogens (primary N) is 1. The van der Waals surface area contributed by atoms with Crippen LogP contribution in [0.25, 0.3) is 0 Å². The van der Waals surface area contributed by atoms with Crippen molar-refractivity contribution in [3.8, 4) is 5.75 Å². The zero-order valence-corrected chi connectivity index (χ0v) is 13.2. The monoisotopic (exact) mass is 361 g/mol. The molecule has 3 N–H and O–H groups in total. The fourth-order valence-electron chi connectivity index (χ4n) is 1.87. The molecule has 1 atom stereocenters. The van der Waals surface area contributed by atoms with E-state index in [1.54, 1.807) is 0 Å². The predicted octanol–water partition coefficient (Wildman–Crippen LogP) is 1.62. The van der Waals surface area contributed by atoms with Crippen LogP contribution in [0.1, 0.15) is 5.69 Å². The Morgan fingerprint density at radius 3 is 2.80 bits per heavy atom. The number of nitrogens with one attached hydrogen (secondary N) is 1. The largest absolute Gasteiger partial charge is 0.483 e. The molecule has 0 radical (unpaired) electrons. The van der Waals surface area contributed by atoms with Gasteiger partial charge in [0.25, 0.3) is 0 Å². The van der Waals surface area contributed by atoms with E-state index < -0.39 is 12.8 Å². The van der Waals surface area contributed by atoms with Crippen molar-refractivity contribution in [3.05, 3.63) is 36.0 Å². The smallest absolute Gasteiger partial charge is 0.422 e. The minimum Gasteiger partial charge on any atom is -0.483 e. The summed E-state index contributed by atoms with van der Waals surface area (Å²) in [6.07, 6.45) is -2.29. The first-order valence-corrected chi connectivity index (χ1v) is 7.37. The van der Waals surface area contributed by atoms with Gasteiger partial charge in [-0.15, -0.1) is 0 Å². The summed E-state index contributed by atoms with van der Waals surface area (Å²) in [5.74, 6) is -0.0464. The van der Waals surface area contributed by atoms with E-state index >= 15 is 0 Å². The molecule has 1 aromatic heterocycles. The molecule has 1 aromatic rings. The molecule has 138 valence electrons. The minimum atomic E-state index is -4.42. The van der Waals surface area contributed by atoms with Gasteiger partial charge in [0.2, 0.25) is 0 Å². The highest BCUT2D eigenvalue weighted by Crippen LogP contribution is 2.18. The molecule has 7 nitrogen and oxygen atoms in total. The van der Waals surface area contributed by atoms with E-state index in [0.717, 1.165) is 6.20 Å². The number of rotatable bonds is 7. The number of aromatic nitrogens is 1. The van der Waals surface area contributed by atoms with Crippen LogP contribution in [0.15, 0.2) is 30.3 Å². The Morgan fingerprint density at radius 1 is 1.40 bits per heavy atom. The van der Waals surface area contributed by atoms with Crippen LogP contribution in [-0.2, 0) is 14.2 Å². The number of nitrogens with zero attached hydrogens (tertiary/aromatic N) is 1. The van der Waals surface area contributed by atoms with Gasteiger partial charge < -0.3 is 24.7 Å². The van der Waals surface area contributed by atoms with Crippen molar-refractivity contribution in [2.24, 2.45) is 5.73 Å². The van der Waals surface area contributed by atoms with Gasteiger partial charge in [0.1, 0.15) is 18.5 Å². The molecular weight excluding hydrogens is 343 g/mol. The lowest BCUT2D eigenvalue weighted by molar-refractivity contribution is -0.153. The molecule has 0 aromatic carbocycles. The number of hydrogen-bond donors (Lipinski definition) is 2. The van der Waals surface area contributed by atoms with Crippen LogP contribution < -0.4 is 10.5 Å². The number of alkyl halides is 3. The van der Waals surface area contributed by atoms with Gasteiger partial charge in [-0.3, -0.25) is 10.4 Å². The van der Waals surface area contributed by atoms with Crippen LogP contribution in [0.2, 0.25) is 0 Å². The molecule has 0 saturated carbocycles. The summed E-state index contributed by atoms with van der Waals surface area (Å²) in [5, 5.41) is 7.88. The van der Waals surface area contributed by atoms with Crippen molar-refractivity contribution in [2.75, 3.05) is 33.0 Å². The molecule has 1 aliphatic heterocycles. The number of ether oxygens (including phenoxy) is 4. The Labute approximate surface area is 142 Å². The van der Waals surface area contributed by atoms with Crippen LogP contribution in [0.5, 0.6) is 5.75 Å². The Balaban J connectivity index is 1.84. The van der Waals surface area contributed by atoms with Gasteiger partial charge in [-0.25, -0.2) is 0 Å². The van der Waals surface area contributed by atoms with Crippen LogP contribution in [0.3, 0.4) is 0 Å². The topological polar surface area (TPSA) is 99.7 Å². The van der Waals surface area contributed by atoms with E-state index in [1.807, 2.05) is 0 Å². The first-order chi connectivity index (χ1) is 11.8. The maximum absolute atomic E-state index is 12.1. The third-order valence-electron chi connectivity index (χ3n) is 3.02. The van der Waals surface area contributed by atoms with Crippen molar-refractivity contribution < 1.29 is 32.1 Å². The first-order valence-electron chi connectivity index (χ1n) is 7.37. The van der Waals surface area contributed by atoms with Crippen LogP contribution in [-0.4, -0.2) is 56.0 Å². The summed E-state index contributed by atoms with van der Waals surface area (Å²) in [7, 11) is 0. The standard InChI is InChI=1S/C15H18F3N3O4/c16-15(17,18)9-25-10-1-2-13(21-6-10)12(19)5-14(20)24-8-11-7-22-3-4-23-11/h1-2,5-6,11,19H,3-4,7-9,20H2. The second-order valence-corrected chi connectivity index (χ2v) is 5.12. The highest BCUT2D eigenvalue weighted by Gasteiger charge is 2.28. The van der Waals surface area contributed by atoms with E-state index in [0.29, 0.717) is 19.8 Å². The molecule has 0 aliphatic carbocycles. The van der Waals surface area contributed by atoms with Crippen molar-refractivity contribution in [3.63, 3.8) is 0 Å². The molecule has 0 amide bonds. The molecule has 2 rings (SSSR count). The number of halogens is 3.